The lowest BCUT2D eigenvalue weighted by Gasteiger charge is -2.20. The highest BCUT2D eigenvalue weighted by Crippen LogP contribution is 2.30. The number of aliphatic hydroxyl groups excluding tert-OH is 1. The van der Waals surface area contributed by atoms with E-state index in [1.807, 2.05) is 44.5 Å². The van der Waals surface area contributed by atoms with Crippen molar-refractivity contribution in [2.75, 3.05) is 25.6 Å². The second kappa shape index (κ2) is 12.5. The first kappa shape index (κ1) is 27.2. The molecule has 1 aliphatic heterocycles. The summed E-state index contributed by atoms with van der Waals surface area (Å²) in [6, 6.07) is 11.2. The lowest BCUT2D eigenvalue weighted by atomic mass is 9.95. The van der Waals surface area contributed by atoms with Crippen molar-refractivity contribution in [2.24, 2.45) is 21.8 Å². The standard InChI is InChI=1S/C28H32F3N3O2/c1-19(17-35)18-36-26-12-23(14-33-16-26)24(13-32-3)15-34-27-11-22(8-7-20(27)2)9-21-5-4-6-25(10-21)28(29,30)31/h4-8,10-11,13-16,19,23,34-35H,9,12,17-18H2,1-3H3/b24-15+,32-13-. The number of nitrogens with zero attached hydrogens (tertiary/aromatic N) is 2. The fourth-order valence-electron chi connectivity index (χ4n) is 3.73. The second-order valence-corrected chi connectivity index (χ2v) is 9.00. The van der Waals surface area contributed by atoms with Crippen LogP contribution in [0, 0.1) is 18.8 Å². The predicted octanol–water partition coefficient (Wildman–Crippen LogP) is 6.18. The number of benzene rings is 2. The van der Waals surface area contributed by atoms with Gasteiger partial charge in [0.15, 0.2) is 0 Å². The SMILES string of the molecule is C/N=C\C(=C/Nc1cc(Cc2cccc(C(F)(F)F)c2)ccc1C)C1C=NC=C(OCC(C)CO)C1. The molecule has 0 spiro atoms. The Balaban J connectivity index is 1.73. The second-order valence-electron chi connectivity index (χ2n) is 9.00. The molecule has 0 fully saturated rings. The van der Waals surface area contributed by atoms with E-state index in [1.165, 1.54) is 12.1 Å². The average Bonchev–Trinajstić information content (AvgIpc) is 2.86. The molecule has 192 valence electrons. The number of ether oxygens (including phenoxy) is 1. The van der Waals surface area contributed by atoms with Gasteiger partial charge in [0.1, 0.15) is 5.76 Å². The number of aliphatic imine (C=N–C) groups is 2. The zero-order valence-electron chi connectivity index (χ0n) is 20.7. The maximum Gasteiger partial charge on any atom is 0.416 e. The van der Waals surface area contributed by atoms with E-state index in [0.717, 1.165) is 34.2 Å². The Morgan fingerprint density at radius 2 is 2.03 bits per heavy atom. The van der Waals surface area contributed by atoms with Crippen LogP contribution in [-0.2, 0) is 17.3 Å². The third-order valence-electron chi connectivity index (χ3n) is 5.84. The van der Waals surface area contributed by atoms with Crippen molar-refractivity contribution in [1.29, 1.82) is 0 Å². The van der Waals surface area contributed by atoms with E-state index in [9.17, 15) is 18.3 Å². The first-order valence-corrected chi connectivity index (χ1v) is 11.8. The molecule has 5 nitrogen and oxygen atoms in total. The molecule has 1 aliphatic rings. The molecule has 8 heteroatoms. The molecule has 2 atom stereocenters. The summed E-state index contributed by atoms with van der Waals surface area (Å²) in [6.07, 6.45) is 3.82. The Kier molecular flexibility index (Phi) is 9.47. The molecule has 3 rings (SSSR count). The molecule has 2 unspecified atom stereocenters. The van der Waals surface area contributed by atoms with Gasteiger partial charge >= 0.3 is 6.18 Å². The monoisotopic (exact) mass is 499 g/mol. The Morgan fingerprint density at radius 3 is 2.75 bits per heavy atom. The van der Waals surface area contributed by atoms with Crippen molar-refractivity contribution < 1.29 is 23.0 Å². The van der Waals surface area contributed by atoms with Crippen molar-refractivity contribution in [1.82, 2.24) is 0 Å². The molecule has 2 N–H and O–H groups in total. The number of hydrogen-bond donors (Lipinski definition) is 2. The summed E-state index contributed by atoms with van der Waals surface area (Å²) in [5.74, 6) is 0.743. The summed E-state index contributed by atoms with van der Waals surface area (Å²) in [7, 11) is 1.70. The van der Waals surface area contributed by atoms with Crippen LogP contribution < -0.4 is 5.32 Å². The molecule has 0 amide bonds. The topological polar surface area (TPSA) is 66.2 Å². The van der Waals surface area contributed by atoms with Gasteiger partial charge in [0.05, 0.1) is 18.4 Å². The van der Waals surface area contributed by atoms with Crippen LogP contribution in [-0.4, -0.2) is 37.8 Å². The molecule has 0 aliphatic carbocycles. The fourth-order valence-corrected chi connectivity index (χ4v) is 3.73. The van der Waals surface area contributed by atoms with Gasteiger partial charge in [-0.15, -0.1) is 0 Å². The number of aryl methyl sites for hydroxylation is 1. The summed E-state index contributed by atoms with van der Waals surface area (Å²) in [4.78, 5) is 8.50. The van der Waals surface area contributed by atoms with Crippen LogP contribution in [0.3, 0.4) is 0 Å². The smallest absolute Gasteiger partial charge is 0.416 e. The van der Waals surface area contributed by atoms with Crippen LogP contribution in [0.2, 0.25) is 0 Å². The first-order valence-electron chi connectivity index (χ1n) is 11.8. The Hall–Kier alpha value is -3.39. The number of rotatable bonds is 10. The summed E-state index contributed by atoms with van der Waals surface area (Å²) < 4.78 is 45.0. The maximum atomic E-state index is 13.1. The van der Waals surface area contributed by atoms with E-state index in [1.54, 1.807) is 25.5 Å². The predicted molar refractivity (Wildman–Crippen MR) is 138 cm³/mol. The van der Waals surface area contributed by atoms with Crippen molar-refractivity contribution >= 4 is 18.1 Å². The Bertz CT molecular complexity index is 1150. The molecule has 0 radical (unpaired) electrons. The van der Waals surface area contributed by atoms with Crippen molar-refractivity contribution in [2.45, 2.75) is 32.9 Å². The van der Waals surface area contributed by atoms with Gasteiger partial charge in [-0.05, 0) is 47.7 Å². The van der Waals surface area contributed by atoms with Gasteiger partial charge in [0, 0.05) is 56.2 Å². The Morgan fingerprint density at radius 1 is 1.25 bits per heavy atom. The summed E-state index contributed by atoms with van der Waals surface area (Å²) in [6.45, 7) is 4.36. The molecular weight excluding hydrogens is 467 g/mol. The molecule has 1 heterocycles. The van der Waals surface area contributed by atoms with Crippen LogP contribution in [0.1, 0.15) is 35.6 Å². The van der Waals surface area contributed by atoms with E-state index in [4.69, 9.17) is 4.74 Å². The summed E-state index contributed by atoms with van der Waals surface area (Å²) in [5.41, 5.74) is 3.63. The van der Waals surface area contributed by atoms with Gasteiger partial charge in [-0.25, -0.2) is 0 Å². The Labute approximate surface area is 210 Å². The number of allylic oxidation sites excluding steroid dienone is 2. The third kappa shape index (κ3) is 7.81. The third-order valence-corrected chi connectivity index (χ3v) is 5.84. The van der Waals surface area contributed by atoms with Crippen molar-refractivity contribution in [3.8, 4) is 0 Å². The largest absolute Gasteiger partial charge is 0.496 e. The van der Waals surface area contributed by atoms with Crippen molar-refractivity contribution in [3.63, 3.8) is 0 Å². The lowest BCUT2D eigenvalue weighted by Crippen LogP contribution is -2.16. The van der Waals surface area contributed by atoms with Crippen LogP contribution in [0.5, 0.6) is 0 Å². The highest BCUT2D eigenvalue weighted by molar-refractivity contribution is 5.87. The number of aliphatic hydroxyl groups is 1. The van der Waals surface area contributed by atoms with E-state index >= 15 is 0 Å². The van der Waals surface area contributed by atoms with Gasteiger partial charge in [-0.3, -0.25) is 9.98 Å². The molecule has 36 heavy (non-hydrogen) atoms. The van der Waals surface area contributed by atoms with Crippen LogP contribution in [0.25, 0.3) is 0 Å². The van der Waals surface area contributed by atoms with Crippen LogP contribution in [0.4, 0.5) is 18.9 Å². The van der Waals surface area contributed by atoms with Gasteiger partial charge < -0.3 is 15.2 Å². The molecule has 2 aromatic rings. The highest BCUT2D eigenvalue weighted by atomic mass is 19.4. The molecule has 0 saturated carbocycles. The normalized spacial score (nSPS) is 17.2. The zero-order chi connectivity index (χ0) is 26.1. The van der Waals surface area contributed by atoms with Gasteiger partial charge in [-0.1, -0.05) is 37.3 Å². The number of anilines is 1. The maximum absolute atomic E-state index is 13.1. The molecule has 0 saturated heterocycles. The first-order chi connectivity index (χ1) is 17.2. The fraction of sp³-hybridized carbons (Fsp3) is 0.357. The highest BCUT2D eigenvalue weighted by Gasteiger charge is 2.30. The van der Waals surface area contributed by atoms with Crippen LogP contribution >= 0.6 is 0 Å². The molecule has 0 bridgehead atoms. The van der Waals surface area contributed by atoms with Crippen molar-refractivity contribution in [3.05, 3.63) is 88.5 Å². The van der Waals surface area contributed by atoms with Crippen LogP contribution in [0.15, 0.2) is 76.2 Å². The number of hydrogen-bond acceptors (Lipinski definition) is 5. The number of halogens is 3. The van der Waals surface area contributed by atoms with E-state index < -0.39 is 11.7 Å². The minimum atomic E-state index is -4.36. The van der Waals surface area contributed by atoms with E-state index in [0.29, 0.717) is 25.0 Å². The molecule has 2 aromatic carbocycles. The van der Waals surface area contributed by atoms with E-state index in [2.05, 4.69) is 15.3 Å². The summed E-state index contributed by atoms with van der Waals surface area (Å²) >= 11 is 0. The average molecular weight is 500 g/mol. The van der Waals surface area contributed by atoms with Gasteiger partial charge in [0.2, 0.25) is 0 Å². The van der Waals surface area contributed by atoms with E-state index in [-0.39, 0.29) is 18.4 Å². The number of nitrogens with one attached hydrogen (secondary N) is 1. The van der Waals surface area contributed by atoms with Gasteiger partial charge in [-0.2, -0.15) is 13.2 Å². The van der Waals surface area contributed by atoms with Gasteiger partial charge in [0.25, 0.3) is 0 Å². The number of alkyl halides is 3. The molecular formula is C28H32F3N3O2. The minimum absolute atomic E-state index is 0.0373. The minimum Gasteiger partial charge on any atom is -0.496 e. The molecule has 0 aromatic heterocycles. The zero-order valence-corrected chi connectivity index (χ0v) is 20.7. The lowest BCUT2D eigenvalue weighted by molar-refractivity contribution is -0.137. The quantitative estimate of drug-likeness (QED) is 0.384. The summed E-state index contributed by atoms with van der Waals surface area (Å²) in [5, 5.41) is 12.6.